The lowest BCUT2D eigenvalue weighted by Crippen LogP contribution is -2.20. The molecule has 1 heterocycles. The molecule has 0 aromatic heterocycles. The lowest BCUT2D eigenvalue weighted by atomic mass is 10.0. The molecule has 0 radical (unpaired) electrons. The van der Waals surface area contributed by atoms with Gasteiger partial charge in [0.1, 0.15) is 0 Å². The Labute approximate surface area is 96.3 Å². The van der Waals surface area contributed by atoms with Gasteiger partial charge in [0.2, 0.25) is 0 Å². The molecule has 1 aromatic carbocycles. The van der Waals surface area contributed by atoms with Crippen molar-refractivity contribution in [2.45, 2.75) is 12.8 Å². The Bertz CT molecular complexity index is 471. The van der Waals surface area contributed by atoms with E-state index in [0.717, 1.165) is 6.54 Å². The Balaban J connectivity index is 2.06. The van der Waals surface area contributed by atoms with Crippen LogP contribution in [0.1, 0.15) is 12.8 Å². The minimum absolute atomic E-state index is 1.03. The molecule has 2 heteroatoms. The quantitative estimate of drug-likeness (QED) is 0.710. The number of hydrogen-bond donors (Lipinski definition) is 1. The van der Waals surface area contributed by atoms with E-state index >= 15 is 0 Å². The summed E-state index contributed by atoms with van der Waals surface area (Å²) in [5.74, 6) is 0. The first kappa shape index (κ1) is 9.52. The van der Waals surface area contributed by atoms with Crippen molar-refractivity contribution in [3.05, 3.63) is 47.7 Å². The van der Waals surface area contributed by atoms with E-state index < -0.39 is 0 Å². The second-order valence-corrected chi connectivity index (χ2v) is 4.46. The second-order valence-electron chi connectivity index (χ2n) is 4.46. The van der Waals surface area contributed by atoms with E-state index in [1.165, 1.54) is 35.5 Å². The van der Waals surface area contributed by atoms with Gasteiger partial charge in [0.25, 0.3) is 0 Å². The zero-order chi connectivity index (χ0) is 11.0. The minimum Gasteiger partial charge on any atom is -0.369 e. The van der Waals surface area contributed by atoms with Gasteiger partial charge >= 0.3 is 0 Å². The number of likely N-dealkylation sites (N-methyl/N-ethyl adjacent to an activating group) is 1. The SMILES string of the molecule is CN1CC2=C(C=CCC2)Nc2ccccc21. The molecule has 0 unspecified atom stereocenters. The molecule has 3 rings (SSSR count). The first-order valence-electron chi connectivity index (χ1n) is 5.80. The normalized spacial score (nSPS) is 18.7. The largest absolute Gasteiger partial charge is 0.369 e. The van der Waals surface area contributed by atoms with Crippen LogP contribution in [-0.4, -0.2) is 13.6 Å². The van der Waals surface area contributed by atoms with Crippen LogP contribution in [0.25, 0.3) is 0 Å². The predicted octanol–water partition coefficient (Wildman–Crippen LogP) is 3.15. The van der Waals surface area contributed by atoms with E-state index in [1.54, 1.807) is 0 Å². The predicted molar refractivity (Wildman–Crippen MR) is 68.7 cm³/mol. The maximum atomic E-state index is 3.54. The summed E-state index contributed by atoms with van der Waals surface area (Å²) in [5.41, 5.74) is 5.30. The first-order valence-corrected chi connectivity index (χ1v) is 5.80. The highest BCUT2D eigenvalue weighted by molar-refractivity contribution is 5.74. The van der Waals surface area contributed by atoms with Gasteiger partial charge < -0.3 is 10.2 Å². The third-order valence-corrected chi connectivity index (χ3v) is 3.29. The topological polar surface area (TPSA) is 15.3 Å². The van der Waals surface area contributed by atoms with E-state index in [9.17, 15) is 0 Å². The van der Waals surface area contributed by atoms with Gasteiger partial charge in [0.15, 0.2) is 0 Å². The summed E-state index contributed by atoms with van der Waals surface area (Å²) in [4.78, 5) is 2.32. The molecular formula is C14H16N2. The molecule has 0 bridgehead atoms. The molecule has 1 aliphatic heterocycles. The van der Waals surface area contributed by atoms with Crippen molar-refractivity contribution in [1.29, 1.82) is 0 Å². The molecule has 0 atom stereocenters. The van der Waals surface area contributed by atoms with Crippen molar-refractivity contribution in [2.75, 3.05) is 23.8 Å². The molecule has 1 aromatic rings. The molecular weight excluding hydrogens is 196 g/mol. The average molecular weight is 212 g/mol. The molecule has 2 aliphatic rings. The average Bonchev–Trinajstić information content (AvgIpc) is 2.45. The highest BCUT2D eigenvalue weighted by Gasteiger charge is 2.17. The van der Waals surface area contributed by atoms with Crippen LogP contribution in [0.2, 0.25) is 0 Å². The standard InChI is InChI=1S/C14H16N2/c1-16-10-11-6-2-3-7-12(11)15-13-8-4-5-9-14(13)16/h3-5,7-9,15H,2,6,10H2,1H3. The molecule has 0 saturated heterocycles. The zero-order valence-corrected chi connectivity index (χ0v) is 9.53. The molecule has 1 aliphatic carbocycles. The van der Waals surface area contributed by atoms with Gasteiger partial charge in [0, 0.05) is 19.3 Å². The lowest BCUT2D eigenvalue weighted by molar-refractivity contribution is 0.869. The summed E-state index contributed by atoms with van der Waals surface area (Å²) in [6.45, 7) is 1.03. The molecule has 0 fully saturated rings. The van der Waals surface area contributed by atoms with Gasteiger partial charge in [-0.3, -0.25) is 0 Å². The Morgan fingerprint density at radius 2 is 2.12 bits per heavy atom. The number of anilines is 2. The van der Waals surface area contributed by atoms with Crippen LogP contribution in [0.3, 0.4) is 0 Å². The summed E-state index contributed by atoms with van der Waals surface area (Å²) in [5, 5.41) is 3.54. The first-order chi connectivity index (χ1) is 7.84. The maximum Gasteiger partial charge on any atom is 0.0622 e. The number of hydrogen-bond acceptors (Lipinski definition) is 2. The van der Waals surface area contributed by atoms with Crippen molar-refractivity contribution in [3.8, 4) is 0 Å². The van der Waals surface area contributed by atoms with Gasteiger partial charge in [-0.15, -0.1) is 0 Å². The maximum absolute atomic E-state index is 3.54. The highest BCUT2D eigenvalue weighted by atomic mass is 15.1. The number of rotatable bonds is 0. The molecule has 0 saturated carbocycles. The number of fused-ring (bicyclic) bond motifs is 1. The van der Waals surface area contributed by atoms with Crippen molar-refractivity contribution >= 4 is 11.4 Å². The Morgan fingerprint density at radius 3 is 3.06 bits per heavy atom. The van der Waals surface area contributed by atoms with Gasteiger partial charge in [-0.1, -0.05) is 18.2 Å². The number of nitrogens with zero attached hydrogens (tertiary/aromatic N) is 1. The summed E-state index contributed by atoms with van der Waals surface area (Å²) >= 11 is 0. The van der Waals surface area contributed by atoms with E-state index in [1.807, 2.05) is 0 Å². The fourth-order valence-corrected chi connectivity index (χ4v) is 2.43. The molecule has 82 valence electrons. The van der Waals surface area contributed by atoms with Crippen LogP contribution in [-0.2, 0) is 0 Å². The fraction of sp³-hybridized carbons (Fsp3) is 0.286. The van der Waals surface area contributed by atoms with Crippen LogP contribution >= 0.6 is 0 Å². The number of allylic oxidation sites excluding steroid dienone is 2. The summed E-state index contributed by atoms with van der Waals surface area (Å²) in [6, 6.07) is 8.49. The highest BCUT2D eigenvalue weighted by Crippen LogP contribution is 2.32. The zero-order valence-electron chi connectivity index (χ0n) is 9.53. The molecule has 16 heavy (non-hydrogen) atoms. The van der Waals surface area contributed by atoms with Crippen LogP contribution in [0.5, 0.6) is 0 Å². The van der Waals surface area contributed by atoms with Crippen LogP contribution in [0.4, 0.5) is 11.4 Å². The van der Waals surface area contributed by atoms with Crippen molar-refractivity contribution in [3.63, 3.8) is 0 Å². The Hall–Kier alpha value is -1.70. The number of nitrogens with one attached hydrogen (secondary N) is 1. The van der Waals surface area contributed by atoms with Gasteiger partial charge in [-0.2, -0.15) is 0 Å². The minimum atomic E-state index is 1.03. The smallest absolute Gasteiger partial charge is 0.0622 e. The number of benzene rings is 1. The van der Waals surface area contributed by atoms with Crippen molar-refractivity contribution in [2.24, 2.45) is 0 Å². The van der Waals surface area contributed by atoms with E-state index in [0.29, 0.717) is 0 Å². The fourth-order valence-electron chi connectivity index (χ4n) is 2.43. The third-order valence-electron chi connectivity index (χ3n) is 3.29. The van der Waals surface area contributed by atoms with Crippen molar-refractivity contribution in [1.82, 2.24) is 0 Å². The summed E-state index contributed by atoms with van der Waals surface area (Å²) in [6.07, 6.45) is 6.82. The van der Waals surface area contributed by atoms with Crippen LogP contribution < -0.4 is 10.2 Å². The Morgan fingerprint density at radius 1 is 1.25 bits per heavy atom. The number of para-hydroxylation sites is 2. The van der Waals surface area contributed by atoms with Gasteiger partial charge in [-0.05, 0) is 36.6 Å². The van der Waals surface area contributed by atoms with Gasteiger partial charge in [-0.25, -0.2) is 0 Å². The Kier molecular flexibility index (Phi) is 2.21. The molecule has 1 N–H and O–H groups in total. The monoisotopic (exact) mass is 212 g/mol. The van der Waals surface area contributed by atoms with E-state index in [4.69, 9.17) is 0 Å². The van der Waals surface area contributed by atoms with Crippen LogP contribution in [0, 0.1) is 0 Å². The summed E-state index contributed by atoms with van der Waals surface area (Å²) in [7, 11) is 2.16. The van der Waals surface area contributed by atoms with Crippen LogP contribution in [0.15, 0.2) is 47.7 Å². The third kappa shape index (κ3) is 1.51. The second kappa shape index (κ2) is 3.71. The van der Waals surface area contributed by atoms with E-state index in [-0.39, 0.29) is 0 Å². The van der Waals surface area contributed by atoms with E-state index in [2.05, 4.69) is 53.7 Å². The molecule has 0 spiro atoms. The molecule has 0 amide bonds. The van der Waals surface area contributed by atoms with Gasteiger partial charge in [0.05, 0.1) is 11.4 Å². The molecule has 2 nitrogen and oxygen atoms in total. The summed E-state index contributed by atoms with van der Waals surface area (Å²) < 4.78 is 0. The lowest BCUT2D eigenvalue weighted by Gasteiger charge is -2.20. The van der Waals surface area contributed by atoms with Crippen molar-refractivity contribution < 1.29 is 0 Å².